The number of nitrogens with one attached hydrogen (secondary N) is 2. The summed E-state index contributed by atoms with van der Waals surface area (Å²) >= 11 is 6.19. The molecule has 1 atom stereocenters. The fourth-order valence-corrected chi connectivity index (χ4v) is 4.36. The molecule has 2 aliphatic rings. The number of hydrogen-bond donors (Lipinski definition) is 3. The molecule has 0 saturated carbocycles. The number of halogens is 5. The molecule has 0 radical (unpaired) electrons. The molecule has 3 N–H and O–H groups in total. The van der Waals surface area contributed by atoms with Gasteiger partial charge in [-0.15, -0.1) is 0 Å². The fourth-order valence-electron chi connectivity index (χ4n) is 4.05. The van der Waals surface area contributed by atoms with Crippen LogP contribution in [0, 0.1) is 0 Å². The fraction of sp³-hybridized carbons (Fsp3) is 0.500. The van der Waals surface area contributed by atoms with Crippen LogP contribution in [-0.2, 0) is 17.1 Å². The summed E-state index contributed by atoms with van der Waals surface area (Å²) in [6.07, 6.45) is -3.89. The molecule has 0 aliphatic carbocycles. The number of carbonyl (C=O) groups is 1. The molecule has 2 aromatic heterocycles. The maximum Gasteiger partial charge on any atom is 0.422 e. The first-order chi connectivity index (χ1) is 14.1. The van der Waals surface area contributed by atoms with Gasteiger partial charge in [-0.25, -0.2) is 9.37 Å². The van der Waals surface area contributed by atoms with Crippen LogP contribution < -0.4 is 10.2 Å². The highest BCUT2D eigenvalue weighted by molar-refractivity contribution is 6.33. The third-order valence-corrected chi connectivity index (χ3v) is 5.85. The molecule has 0 aromatic carbocycles. The zero-order valence-electron chi connectivity index (χ0n) is 15.6. The maximum absolute atomic E-state index is 13.7. The highest BCUT2D eigenvalue weighted by Crippen LogP contribution is 2.49. The topological polar surface area (TPSA) is 94.1 Å². The number of fused-ring (bicyclic) bond motifs is 1. The van der Waals surface area contributed by atoms with Gasteiger partial charge in [0.15, 0.2) is 5.60 Å². The average Bonchev–Trinajstić information content (AvgIpc) is 3.11. The van der Waals surface area contributed by atoms with Crippen LogP contribution in [-0.4, -0.2) is 45.5 Å². The predicted octanol–water partition coefficient (Wildman–Crippen LogP) is 3.40. The van der Waals surface area contributed by atoms with Crippen molar-refractivity contribution in [2.75, 3.05) is 23.3 Å². The lowest BCUT2D eigenvalue weighted by atomic mass is 9.81. The second kappa shape index (κ2) is 7.38. The first-order valence-corrected chi connectivity index (χ1v) is 9.65. The quantitative estimate of drug-likeness (QED) is 0.627. The number of nitrogens with zero attached hydrogens (tertiary/aromatic N) is 3. The van der Waals surface area contributed by atoms with E-state index in [1.165, 1.54) is 12.3 Å². The molecular formula is C18H18ClF4N5O2. The van der Waals surface area contributed by atoms with Crippen molar-refractivity contribution in [3.8, 4) is 0 Å². The Kier molecular flexibility index (Phi) is 5.13. The molecule has 2 aliphatic heterocycles. The maximum atomic E-state index is 13.7. The number of amides is 1. The Labute approximate surface area is 173 Å². The first-order valence-electron chi connectivity index (χ1n) is 9.27. The Morgan fingerprint density at radius 1 is 1.33 bits per heavy atom. The molecule has 7 nitrogen and oxygen atoms in total. The number of aliphatic hydroxyl groups is 1. The summed E-state index contributed by atoms with van der Waals surface area (Å²) in [5, 5.41) is 19.5. The van der Waals surface area contributed by atoms with Gasteiger partial charge in [0.05, 0.1) is 22.7 Å². The summed E-state index contributed by atoms with van der Waals surface area (Å²) in [7, 11) is 0. The number of anilines is 2. The molecule has 1 fully saturated rings. The van der Waals surface area contributed by atoms with E-state index in [0.29, 0.717) is 42.3 Å². The number of H-pyrrole nitrogens is 1. The molecule has 4 rings (SSSR count). The van der Waals surface area contributed by atoms with Crippen molar-refractivity contribution < 1.29 is 27.5 Å². The minimum atomic E-state index is -5.03. The molecular weight excluding hydrogens is 430 g/mol. The van der Waals surface area contributed by atoms with Gasteiger partial charge in [-0.2, -0.15) is 18.3 Å². The smallest absolute Gasteiger partial charge is 0.376 e. The summed E-state index contributed by atoms with van der Waals surface area (Å²) in [5.41, 5.74) is -3.26. The Bertz CT molecular complexity index is 974. The molecule has 0 spiro atoms. The highest BCUT2D eigenvalue weighted by Gasteiger charge is 2.61. The zero-order chi connectivity index (χ0) is 21.7. The van der Waals surface area contributed by atoms with Crippen LogP contribution in [0.5, 0.6) is 0 Å². The molecule has 12 heteroatoms. The SMILES string of the molecule is O=C1CC(O)(C(F)(F)F)c2c(C3CCN(c4ncc(CF)cc4Cl)CC3)n[nH]c2N1. The van der Waals surface area contributed by atoms with E-state index in [9.17, 15) is 27.5 Å². The van der Waals surface area contributed by atoms with Crippen molar-refractivity contribution in [3.63, 3.8) is 0 Å². The van der Waals surface area contributed by atoms with Crippen LogP contribution in [0.25, 0.3) is 0 Å². The summed E-state index contributed by atoms with van der Waals surface area (Å²) in [4.78, 5) is 17.7. The summed E-state index contributed by atoms with van der Waals surface area (Å²) < 4.78 is 53.7. The van der Waals surface area contributed by atoms with E-state index in [2.05, 4.69) is 20.5 Å². The second-order valence-electron chi connectivity index (χ2n) is 7.49. The first kappa shape index (κ1) is 20.9. The Balaban J connectivity index is 1.58. The van der Waals surface area contributed by atoms with E-state index in [-0.39, 0.29) is 17.4 Å². The van der Waals surface area contributed by atoms with Crippen LogP contribution in [0.4, 0.5) is 29.2 Å². The number of alkyl halides is 4. The number of aromatic nitrogens is 3. The van der Waals surface area contributed by atoms with Gasteiger partial charge in [0, 0.05) is 30.8 Å². The van der Waals surface area contributed by atoms with Crippen LogP contribution >= 0.6 is 11.6 Å². The summed E-state index contributed by atoms with van der Waals surface area (Å²) in [6, 6.07) is 1.49. The lowest BCUT2D eigenvalue weighted by molar-refractivity contribution is -0.267. The van der Waals surface area contributed by atoms with E-state index >= 15 is 0 Å². The van der Waals surface area contributed by atoms with Crippen LogP contribution in [0.3, 0.4) is 0 Å². The highest BCUT2D eigenvalue weighted by atomic mass is 35.5. The Hall–Kier alpha value is -2.40. The van der Waals surface area contributed by atoms with Gasteiger partial charge >= 0.3 is 6.18 Å². The molecule has 2 aromatic rings. The van der Waals surface area contributed by atoms with Gasteiger partial charge in [0.25, 0.3) is 0 Å². The van der Waals surface area contributed by atoms with Crippen LogP contribution in [0.2, 0.25) is 5.02 Å². The van der Waals surface area contributed by atoms with Gasteiger partial charge in [0.2, 0.25) is 5.91 Å². The van der Waals surface area contributed by atoms with Crippen molar-refractivity contribution in [1.29, 1.82) is 0 Å². The summed E-state index contributed by atoms with van der Waals surface area (Å²) in [6.45, 7) is 0.188. The van der Waals surface area contributed by atoms with Gasteiger partial charge in [-0.1, -0.05) is 11.6 Å². The normalized spacial score (nSPS) is 22.7. The van der Waals surface area contributed by atoms with E-state index in [4.69, 9.17) is 11.6 Å². The summed E-state index contributed by atoms with van der Waals surface area (Å²) in [5.74, 6) is -1.05. The Morgan fingerprint density at radius 3 is 2.63 bits per heavy atom. The Morgan fingerprint density at radius 2 is 2.03 bits per heavy atom. The minimum absolute atomic E-state index is 0.0938. The standard InChI is InChI=1S/C18H18ClF4N5O2/c19-11-5-9(7-20)8-24-16(11)28-3-1-10(2-4-28)14-13-15(27-26-14)25-12(29)6-17(13,30)18(21,22)23/h5,8,10,30H,1-4,6-7H2,(H2,25,26,27,29). The molecule has 162 valence electrons. The van der Waals surface area contributed by atoms with Crippen molar-refractivity contribution >= 4 is 29.1 Å². The molecule has 1 saturated heterocycles. The number of aromatic amines is 1. The molecule has 0 bridgehead atoms. The van der Waals surface area contributed by atoms with E-state index in [0.717, 1.165) is 0 Å². The van der Waals surface area contributed by atoms with Gasteiger partial charge in [-0.05, 0) is 18.9 Å². The third-order valence-electron chi connectivity index (χ3n) is 5.57. The van der Waals surface area contributed by atoms with Crippen LogP contribution in [0.1, 0.15) is 42.0 Å². The third kappa shape index (κ3) is 3.39. The van der Waals surface area contributed by atoms with Gasteiger partial charge in [-0.3, -0.25) is 9.89 Å². The minimum Gasteiger partial charge on any atom is -0.376 e. The van der Waals surface area contributed by atoms with Gasteiger partial charge < -0.3 is 15.3 Å². The number of piperidine rings is 1. The number of rotatable bonds is 3. The number of pyridine rings is 1. The van der Waals surface area contributed by atoms with Gasteiger partial charge in [0.1, 0.15) is 18.3 Å². The van der Waals surface area contributed by atoms with E-state index < -0.39 is 36.3 Å². The number of carbonyl (C=O) groups excluding carboxylic acids is 1. The van der Waals surface area contributed by atoms with E-state index in [1.807, 2.05) is 4.90 Å². The van der Waals surface area contributed by atoms with Crippen molar-refractivity contribution in [1.82, 2.24) is 15.2 Å². The molecule has 4 heterocycles. The average molecular weight is 448 g/mol. The number of hydrogen-bond acceptors (Lipinski definition) is 5. The molecule has 1 unspecified atom stereocenters. The predicted molar refractivity (Wildman–Crippen MR) is 100 cm³/mol. The van der Waals surface area contributed by atoms with E-state index in [1.54, 1.807) is 0 Å². The van der Waals surface area contributed by atoms with Crippen molar-refractivity contribution in [3.05, 3.63) is 34.1 Å². The molecule has 30 heavy (non-hydrogen) atoms. The largest absolute Gasteiger partial charge is 0.422 e. The molecule has 1 amide bonds. The lowest BCUT2D eigenvalue weighted by Crippen LogP contribution is -2.49. The van der Waals surface area contributed by atoms with Crippen molar-refractivity contribution in [2.45, 2.75) is 43.6 Å². The second-order valence-corrected chi connectivity index (χ2v) is 7.89. The van der Waals surface area contributed by atoms with Crippen molar-refractivity contribution in [2.24, 2.45) is 0 Å². The lowest BCUT2D eigenvalue weighted by Gasteiger charge is -2.37. The van der Waals surface area contributed by atoms with Crippen LogP contribution in [0.15, 0.2) is 12.3 Å². The monoisotopic (exact) mass is 447 g/mol. The zero-order valence-corrected chi connectivity index (χ0v) is 16.3.